The Balaban J connectivity index is 2.16. The largest absolute Gasteiger partial charge is 0.478 e. The van der Waals surface area contributed by atoms with Crippen molar-refractivity contribution in [2.75, 3.05) is 5.32 Å². The van der Waals surface area contributed by atoms with Crippen LogP contribution in [-0.4, -0.2) is 17.0 Å². The zero-order chi connectivity index (χ0) is 16.1. The summed E-state index contributed by atoms with van der Waals surface area (Å²) in [5.74, 6) is -1.17. The zero-order valence-electron chi connectivity index (χ0n) is 12.6. The van der Waals surface area contributed by atoms with Gasteiger partial charge in [-0.15, -0.1) is 0 Å². The molecule has 0 unspecified atom stereocenters. The fourth-order valence-corrected chi connectivity index (χ4v) is 2.42. The quantitative estimate of drug-likeness (QED) is 0.883. The summed E-state index contributed by atoms with van der Waals surface area (Å²) >= 11 is 0. The summed E-state index contributed by atoms with van der Waals surface area (Å²) in [5, 5.41) is 11.7. The summed E-state index contributed by atoms with van der Waals surface area (Å²) in [7, 11) is 0. The van der Waals surface area contributed by atoms with E-state index in [2.05, 4.69) is 5.32 Å². The van der Waals surface area contributed by atoms with Crippen LogP contribution in [0.5, 0.6) is 0 Å². The molecule has 0 heterocycles. The minimum atomic E-state index is -0.984. The van der Waals surface area contributed by atoms with Crippen LogP contribution in [0.1, 0.15) is 35.7 Å². The second kappa shape index (κ2) is 6.89. The molecule has 0 aliphatic carbocycles. The van der Waals surface area contributed by atoms with Gasteiger partial charge in [-0.1, -0.05) is 44.2 Å². The van der Waals surface area contributed by atoms with Crippen molar-refractivity contribution in [3.63, 3.8) is 0 Å². The molecule has 0 bridgehead atoms. The molecule has 0 saturated carbocycles. The highest BCUT2D eigenvalue weighted by atomic mass is 16.4. The highest BCUT2D eigenvalue weighted by Gasteiger charge is 2.24. The first kappa shape index (κ1) is 15.8. The van der Waals surface area contributed by atoms with Crippen LogP contribution in [0.3, 0.4) is 0 Å². The molecule has 2 rings (SSSR count). The van der Waals surface area contributed by atoms with Gasteiger partial charge in [-0.3, -0.25) is 4.79 Å². The van der Waals surface area contributed by atoms with Gasteiger partial charge in [0, 0.05) is 5.69 Å². The van der Waals surface area contributed by atoms with Crippen molar-refractivity contribution in [1.29, 1.82) is 0 Å². The Hall–Kier alpha value is -2.62. The van der Waals surface area contributed by atoms with E-state index >= 15 is 0 Å². The fourth-order valence-electron chi connectivity index (χ4n) is 2.42. The smallest absolute Gasteiger partial charge is 0.335 e. The first-order chi connectivity index (χ1) is 10.5. The first-order valence-electron chi connectivity index (χ1n) is 7.18. The molecule has 0 spiro atoms. The van der Waals surface area contributed by atoms with E-state index < -0.39 is 5.97 Å². The van der Waals surface area contributed by atoms with Crippen LogP contribution in [0.15, 0.2) is 54.6 Å². The van der Waals surface area contributed by atoms with Crippen LogP contribution in [0.2, 0.25) is 0 Å². The number of carbonyl (C=O) groups excluding carboxylic acids is 1. The van der Waals surface area contributed by atoms with Gasteiger partial charge in [-0.05, 0) is 35.7 Å². The number of anilines is 1. The summed E-state index contributed by atoms with van der Waals surface area (Å²) in [6.45, 7) is 4.01. The van der Waals surface area contributed by atoms with Crippen molar-refractivity contribution in [2.24, 2.45) is 5.92 Å². The number of carbonyl (C=O) groups is 2. The first-order valence-corrected chi connectivity index (χ1v) is 7.18. The Morgan fingerprint density at radius 1 is 0.955 bits per heavy atom. The lowest BCUT2D eigenvalue weighted by atomic mass is 9.87. The second-order valence-electron chi connectivity index (χ2n) is 5.50. The number of nitrogens with one attached hydrogen (secondary N) is 1. The normalized spacial score (nSPS) is 12.0. The van der Waals surface area contributed by atoms with E-state index in [0.29, 0.717) is 5.69 Å². The van der Waals surface area contributed by atoms with Gasteiger partial charge >= 0.3 is 5.97 Å². The summed E-state index contributed by atoms with van der Waals surface area (Å²) in [6.07, 6.45) is 0. The molecule has 22 heavy (non-hydrogen) atoms. The molecule has 1 atom stereocenters. The monoisotopic (exact) mass is 297 g/mol. The maximum Gasteiger partial charge on any atom is 0.335 e. The third-order valence-corrected chi connectivity index (χ3v) is 3.51. The average molecular weight is 297 g/mol. The Labute approximate surface area is 129 Å². The lowest BCUT2D eigenvalue weighted by molar-refractivity contribution is -0.118. The average Bonchev–Trinajstić information content (AvgIpc) is 2.48. The summed E-state index contributed by atoms with van der Waals surface area (Å²) in [6, 6.07) is 15.8. The number of amides is 1. The number of hydrogen-bond donors (Lipinski definition) is 2. The van der Waals surface area contributed by atoms with Crippen LogP contribution in [-0.2, 0) is 4.79 Å². The third kappa shape index (κ3) is 3.73. The lowest BCUT2D eigenvalue weighted by Crippen LogP contribution is -2.25. The molecule has 0 saturated heterocycles. The van der Waals surface area contributed by atoms with E-state index in [0.717, 1.165) is 5.56 Å². The summed E-state index contributed by atoms with van der Waals surface area (Å²) < 4.78 is 0. The maximum atomic E-state index is 12.5. The number of aromatic carboxylic acids is 1. The molecule has 1 amide bonds. The van der Waals surface area contributed by atoms with Crippen molar-refractivity contribution in [3.05, 3.63) is 65.7 Å². The van der Waals surface area contributed by atoms with Gasteiger partial charge in [-0.25, -0.2) is 4.79 Å². The molecule has 4 heteroatoms. The van der Waals surface area contributed by atoms with E-state index in [4.69, 9.17) is 5.11 Å². The van der Waals surface area contributed by atoms with Crippen molar-refractivity contribution >= 4 is 17.6 Å². The van der Waals surface area contributed by atoms with E-state index in [1.165, 1.54) is 12.1 Å². The maximum absolute atomic E-state index is 12.5. The van der Waals surface area contributed by atoms with Crippen molar-refractivity contribution in [2.45, 2.75) is 19.8 Å². The van der Waals surface area contributed by atoms with Gasteiger partial charge in [0.15, 0.2) is 0 Å². The molecule has 0 radical (unpaired) electrons. The molecule has 114 valence electrons. The number of hydrogen-bond acceptors (Lipinski definition) is 2. The van der Waals surface area contributed by atoms with E-state index in [9.17, 15) is 9.59 Å². The topological polar surface area (TPSA) is 66.4 Å². The van der Waals surface area contributed by atoms with Crippen LogP contribution in [0.25, 0.3) is 0 Å². The number of carboxylic acid groups (broad SMARTS) is 1. The predicted molar refractivity (Wildman–Crippen MR) is 86.1 cm³/mol. The van der Waals surface area contributed by atoms with Crippen molar-refractivity contribution < 1.29 is 14.7 Å². The Kier molecular flexibility index (Phi) is 4.94. The molecule has 4 nitrogen and oxygen atoms in total. The minimum Gasteiger partial charge on any atom is -0.478 e. The second-order valence-corrected chi connectivity index (χ2v) is 5.50. The standard InChI is InChI=1S/C18H19NO3/c1-12(2)16(13-6-4-3-5-7-13)17(20)19-15-10-8-14(9-11-15)18(21)22/h3-12,16H,1-2H3,(H,19,20)(H,21,22)/t16-/m0/s1. The number of carboxylic acids is 1. The molecule has 2 N–H and O–H groups in total. The van der Waals surface area contributed by atoms with Gasteiger partial charge in [-0.2, -0.15) is 0 Å². The molecule has 2 aromatic rings. The molecular weight excluding hydrogens is 278 g/mol. The molecule has 0 aliphatic heterocycles. The van der Waals surface area contributed by atoms with Gasteiger partial charge in [0.05, 0.1) is 11.5 Å². The predicted octanol–water partition coefficient (Wildman–Crippen LogP) is 3.76. The molecule has 2 aromatic carbocycles. The summed E-state index contributed by atoms with van der Waals surface area (Å²) in [5.41, 5.74) is 1.76. The Morgan fingerprint density at radius 3 is 2.05 bits per heavy atom. The minimum absolute atomic E-state index is 0.0933. The highest BCUT2D eigenvalue weighted by molar-refractivity contribution is 5.96. The number of rotatable bonds is 5. The zero-order valence-corrected chi connectivity index (χ0v) is 12.6. The van der Waals surface area contributed by atoms with E-state index in [1.807, 2.05) is 44.2 Å². The third-order valence-electron chi connectivity index (χ3n) is 3.51. The van der Waals surface area contributed by atoms with Crippen LogP contribution >= 0.6 is 0 Å². The van der Waals surface area contributed by atoms with Gasteiger partial charge in [0.1, 0.15) is 0 Å². The SMILES string of the molecule is CC(C)[C@H](C(=O)Nc1ccc(C(=O)O)cc1)c1ccccc1. The van der Waals surface area contributed by atoms with Crippen LogP contribution in [0.4, 0.5) is 5.69 Å². The highest BCUT2D eigenvalue weighted by Crippen LogP contribution is 2.26. The molecule has 0 aromatic heterocycles. The van der Waals surface area contributed by atoms with Crippen LogP contribution in [0, 0.1) is 5.92 Å². The van der Waals surface area contributed by atoms with Gasteiger partial charge in [0.2, 0.25) is 5.91 Å². The molecular formula is C18H19NO3. The van der Waals surface area contributed by atoms with Crippen molar-refractivity contribution in [1.82, 2.24) is 0 Å². The van der Waals surface area contributed by atoms with E-state index in [1.54, 1.807) is 12.1 Å². The molecule has 0 fully saturated rings. The Bertz CT molecular complexity index is 648. The Morgan fingerprint density at radius 2 is 1.55 bits per heavy atom. The van der Waals surface area contributed by atoms with Crippen molar-refractivity contribution in [3.8, 4) is 0 Å². The van der Waals surface area contributed by atoms with Gasteiger partial charge < -0.3 is 10.4 Å². The fraction of sp³-hybridized carbons (Fsp3) is 0.222. The van der Waals surface area contributed by atoms with Gasteiger partial charge in [0.25, 0.3) is 0 Å². The summed E-state index contributed by atoms with van der Waals surface area (Å²) in [4.78, 5) is 23.4. The molecule has 0 aliphatic rings. The van der Waals surface area contributed by atoms with Crippen LogP contribution < -0.4 is 5.32 Å². The number of benzene rings is 2. The lowest BCUT2D eigenvalue weighted by Gasteiger charge is -2.20. The van der Waals surface area contributed by atoms with E-state index in [-0.39, 0.29) is 23.3 Å².